The third kappa shape index (κ3) is 2.74. The Morgan fingerprint density at radius 3 is 2.64 bits per heavy atom. The summed E-state index contributed by atoms with van der Waals surface area (Å²) in [5.74, 6) is 1.01. The summed E-state index contributed by atoms with van der Waals surface area (Å²) in [6, 6.07) is 8.86. The molecular formula is C21H25N7. The van der Waals surface area contributed by atoms with Crippen LogP contribution in [0.15, 0.2) is 36.7 Å². The Morgan fingerprint density at radius 1 is 1.04 bits per heavy atom. The average Bonchev–Trinajstić information content (AvgIpc) is 3.31. The van der Waals surface area contributed by atoms with Crippen LogP contribution in [-0.2, 0) is 0 Å². The van der Waals surface area contributed by atoms with E-state index in [0.717, 1.165) is 65.6 Å². The van der Waals surface area contributed by atoms with Crippen molar-refractivity contribution in [2.75, 3.05) is 31.1 Å². The highest BCUT2D eigenvalue weighted by atomic mass is 15.4. The summed E-state index contributed by atoms with van der Waals surface area (Å²) in [5, 5.41) is 6.08. The van der Waals surface area contributed by atoms with Gasteiger partial charge in [-0.25, -0.2) is 14.5 Å². The fraction of sp³-hybridized carbons (Fsp3) is 0.381. The SMILES string of the molecule is Cc1nc2ccc(N3CCN(C(C)C)CC3)nn2c1-c1ccnc2[nH]ccc12. The Kier molecular flexibility index (Phi) is 4.05. The highest BCUT2D eigenvalue weighted by Crippen LogP contribution is 2.30. The first-order valence-corrected chi connectivity index (χ1v) is 9.89. The molecule has 0 aliphatic carbocycles. The molecule has 7 heteroatoms. The Balaban J connectivity index is 1.57. The second-order valence-electron chi connectivity index (χ2n) is 7.72. The van der Waals surface area contributed by atoms with E-state index in [0.29, 0.717) is 6.04 Å². The molecule has 7 nitrogen and oxygen atoms in total. The Morgan fingerprint density at radius 2 is 1.86 bits per heavy atom. The fourth-order valence-corrected chi connectivity index (χ4v) is 4.15. The first kappa shape index (κ1) is 17.2. The molecule has 1 N–H and O–H groups in total. The molecule has 0 unspecified atom stereocenters. The first-order chi connectivity index (χ1) is 13.6. The summed E-state index contributed by atoms with van der Waals surface area (Å²) in [4.78, 5) is 17.2. The number of aromatic amines is 1. The van der Waals surface area contributed by atoms with E-state index in [-0.39, 0.29) is 0 Å². The lowest BCUT2D eigenvalue weighted by atomic mass is 10.1. The molecule has 0 radical (unpaired) electrons. The second kappa shape index (κ2) is 6.60. The summed E-state index contributed by atoms with van der Waals surface area (Å²) < 4.78 is 1.99. The Bertz CT molecular complexity index is 1130. The van der Waals surface area contributed by atoms with Crippen molar-refractivity contribution in [3.05, 3.63) is 42.4 Å². The number of rotatable bonds is 3. The van der Waals surface area contributed by atoms with Gasteiger partial charge in [0.1, 0.15) is 11.5 Å². The van der Waals surface area contributed by atoms with E-state index in [1.165, 1.54) is 0 Å². The fourth-order valence-electron chi connectivity index (χ4n) is 4.15. The van der Waals surface area contributed by atoms with Crippen molar-refractivity contribution in [2.45, 2.75) is 26.8 Å². The summed E-state index contributed by atoms with van der Waals surface area (Å²) >= 11 is 0. The van der Waals surface area contributed by atoms with Gasteiger partial charge in [-0.3, -0.25) is 4.90 Å². The molecule has 5 rings (SSSR count). The molecule has 0 bridgehead atoms. The molecule has 28 heavy (non-hydrogen) atoms. The summed E-state index contributed by atoms with van der Waals surface area (Å²) in [7, 11) is 0. The van der Waals surface area contributed by atoms with Crippen molar-refractivity contribution < 1.29 is 0 Å². The van der Waals surface area contributed by atoms with Crippen LogP contribution in [-0.4, -0.2) is 61.7 Å². The summed E-state index contributed by atoms with van der Waals surface area (Å²) in [6.07, 6.45) is 3.76. The van der Waals surface area contributed by atoms with E-state index in [1.54, 1.807) is 0 Å². The molecular weight excluding hydrogens is 350 g/mol. The van der Waals surface area contributed by atoms with Gasteiger partial charge in [0, 0.05) is 55.6 Å². The third-order valence-corrected chi connectivity index (χ3v) is 5.72. The van der Waals surface area contributed by atoms with E-state index < -0.39 is 0 Å². The highest BCUT2D eigenvalue weighted by molar-refractivity contribution is 5.93. The number of anilines is 1. The minimum Gasteiger partial charge on any atom is -0.353 e. The van der Waals surface area contributed by atoms with Crippen LogP contribution in [0.25, 0.3) is 27.9 Å². The van der Waals surface area contributed by atoms with E-state index in [4.69, 9.17) is 10.1 Å². The standard InChI is InChI=1S/C21H25N7/c1-14(2)26-10-12-27(13-11-26)19-5-4-18-24-15(3)20(28(18)25-19)16-6-8-22-21-17(16)7-9-23-21/h4-9,14H,10-13H2,1-3H3,(H,22,23). The molecule has 0 amide bonds. The quantitative estimate of drug-likeness (QED) is 0.596. The van der Waals surface area contributed by atoms with Crippen molar-refractivity contribution in [3.8, 4) is 11.3 Å². The van der Waals surface area contributed by atoms with Gasteiger partial charge in [-0.15, -0.1) is 5.10 Å². The Labute approximate surface area is 164 Å². The molecule has 0 spiro atoms. The molecule has 4 aromatic heterocycles. The molecule has 1 aliphatic heterocycles. The molecule has 1 saturated heterocycles. The van der Waals surface area contributed by atoms with Gasteiger partial charge < -0.3 is 9.88 Å². The number of hydrogen-bond acceptors (Lipinski definition) is 5. The van der Waals surface area contributed by atoms with E-state index >= 15 is 0 Å². The summed E-state index contributed by atoms with van der Waals surface area (Å²) in [5.41, 5.74) is 4.86. The van der Waals surface area contributed by atoms with Crippen LogP contribution in [0.4, 0.5) is 5.82 Å². The number of piperazine rings is 1. The second-order valence-corrected chi connectivity index (χ2v) is 7.72. The smallest absolute Gasteiger partial charge is 0.154 e. The van der Waals surface area contributed by atoms with Crippen LogP contribution >= 0.6 is 0 Å². The first-order valence-electron chi connectivity index (χ1n) is 9.89. The molecule has 1 aliphatic rings. The lowest BCUT2D eigenvalue weighted by molar-refractivity contribution is 0.209. The van der Waals surface area contributed by atoms with Gasteiger partial charge in [-0.1, -0.05) is 0 Å². The van der Waals surface area contributed by atoms with E-state index in [2.05, 4.69) is 51.8 Å². The number of imidazole rings is 1. The molecule has 5 heterocycles. The van der Waals surface area contributed by atoms with Crippen molar-refractivity contribution in [3.63, 3.8) is 0 Å². The van der Waals surface area contributed by atoms with Crippen molar-refractivity contribution in [2.24, 2.45) is 0 Å². The minimum atomic E-state index is 0.593. The lowest BCUT2D eigenvalue weighted by Gasteiger charge is -2.37. The number of H-pyrrole nitrogens is 1. The number of fused-ring (bicyclic) bond motifs is 2. The highest BCUT2D eigenvalue weighted by Gasteiger charge is 2.21. The van der Waals surface area contributed by atoms with Crippen LogP contribution in [0.5, 0.6) is 0 Å². The molecule has 0 atom stereocenters. The maximum Gasteiger partial charge on any atom is 0.154 e. The predicted octanol–water partition coefficient (Wildman–Crippen LogP) is 3.11. The van der Waals surface area contributed by atoms with Crippen LogP contribution in [0.2, 0.25) is 0 Å². The zero-order valence-corrected chi connectivity index (χ0v) is 16.6. The number of aryl methyl sites for hydroxylation is 1. The van der Waals surface area contributed by atoms with E-state index in [1.807, 2.05) is 29.9 Å². The number of nitrogens with one attached hydrogen (secondary N) is 1. The van der Waals surface area contributed by atoms with E-state index in [9.17, 15) is 0 Å². The predicted molar refractivity (Wildman–Crippen MR) is 112 cm³/mol. The molecule has 144 valence electrons. The molecule has 0 saturated carbocycles. The molecule has 0 aromatic carbocycles. The van der Waals surface area contributed by atoms with Gasteiger partial charge in [0.15, 0.2) is 5.65 Å². The van der Waals surface area contributed by atoms with Gasteiger partial charge in [-0.2, -0.15) is 0 Å². The van der Waals surface area contributed by atoms with Gasteiger partial charge in [0.25, 0.3) is 0 Å². The lowest BCUT2D eigenvalue weighted by Crippen LogP contribution is -2.49. The van der Waals surface area contributed by atoms with Crippen molar-refractivity contribution >= 4 is 22.5 Å². The van der Waals surface area contributed by atoms with Gasteiger partial charge in [0.2, 0.25) is 0 Å². The number of aromatic nitrogens is 5. The van der Waals surface area contributed by atoms with Crippen LogP contribution in [0.1, 0.15) is 19.5 Å². The van der Waals surface area contributed by atoms with Crippen LogP contribution < -0.4 is 4.90 Å². The number of hydrogen-bond donors (Lipinski definition) is 1. The number of nitrogens with zero attached hydrogens (tertiary/aromatic N) is 6. The average molecular weight is 375 g/mol. The normalized spacial score (nSPS) is 15.9. The summed E-state index contributed by atoms with van der Waals surface area (Å²) in [6.45, 7) is 10.7. The maximum absolute atomic E-state index is 4.99. The van der Waals surface area contributed by atoms with Crippen LogP contribution in [0.3, 0.4) is 0 Å². The largest absolute Gasteiger partial charge is 0.353 e. The molecule has 1 fully saturated rings. The zero-order valence-electron chi connectivity index (χ0n) is 16.6. The topological polar surface area (TPSA) is 65.3 Å². The third-order valence-electron chi connectivity index (χ3n) is 5.72. The number of pyridine rings is 1. The Hall–Kier alpha value is -2.93. The van der Waals surface area contributed by atoms with Gasteiger partial charge in [-0.05, 0) is 45.0 Å². The zero-order chi connectivity index (χ0) is 19.3. The van der Waals surface area contributed by atoms with Gasteiger partial charge in [0.05, 0.1) is 11.4 Å². The maximum atomic E-state index is 4.99. The van der Waals surface area contributed by atoms with Gasteiger partial charge >= 0.3 is 0 Å². The molecule has 4 aromatic rings. The minimum absolute atomic E-state index is 0.593. The monoisotopic (exact) mass is 375 g/mol. The van der Waals surface area contributed by atoms with Crippen molar-refractivity contribution in [1.82, 2.24) is 29.5 Å². The van der Waals surface area contributed by atoms with Crippen molar-refractivity contribution in [1.29, 1.82) is 0 Å². The van der Waals surface area contributed by atoms with Crippen LogP contribution in [0, 0.1) is 6.92 Å².